The molecule has 0 N–H and O–H groups in total. The highest BCUT2D eigenvalue weighted by molar-refractivity contribution is 5.82. The van der Waals surface area contributed by atoms with Crippen LogP contribution in [0.5, 0.6) is 34.5 Å². The molecule has 0 atom stereocenters. The third kappa shape index (κ3) is 27.2. The number of rotatable bonds is 48. The molecule has 0 amide bonds. The number of unbranched alkanes of at least 4 members (excludes halogenated alkanes) is 24. The molecule has 9 nitrogen and oxygen atoms in total. The van der Waals surface area contributed by atoms with E-state index in [0.717, 1.165) is 179 Å². The monoisotopic (exact) mass is 1400 g/mol. The van der Waals surface area contributed by atoms with Crippen LogP contribution in [-0.2, 0) is 0 Å². The summed E-state index contributed by atoms with van der Waals surface area (Å²) in [5.74, 6) is 5.42. The molecule has 0 saturated heterocycles. The highest BCUT2D eigenvalue weighted by Gasteiger charge is 2.12. The van der Waals surface area contributed by atoms with Crippen molar-refractivity contribution in [1.29, 1.82) is 15.8 Å². The summed E-state index contributed by atoms with van der Waals surface area (Å²) in [6.45, 7) is 4.38. The van der Waals surface area contributed by atoms with Crippen molar-refractivity contribution in [2.75, 3.05) is 39.6 Å². The molecule has 105 heavy (non-hydrogen) atoms. The first kappa shape index (κ1) is 77.1. The smallest absolute Gasteiger partial charge is 0.119 e. The Morgan fingerprint density at radius 3 is 0.419 bits per heavy atom. The zero-order chi connectivity index (χ0) is 72.4. The molecule has 540 valence electrons. The Balaban J connectivity index is 0.607. The van der Waals surface area contributed by atoms with Gasteiger partial charge >= 0.3 is 0 Å². The molecule has 10 rings (SSSR count). The summed E-state index contributed by atoms with van der Waals surface area (Å²) in [7, 11) is 0. The molecule has 0 fully saturated rings. The van der Waals surface area contributed by atoms with E-state index in [-0.39, 0.29) is 0 Å². The Hall–Kier alpha value is -10.5. The standard InChI is InChI=1S/C96H105N3O6/c97-73-76-28-34-79(35-29-76)82-40-52-91(53-41-82)100-64-22-16-10-4-1-7-13-19-25-67-103-94-58-46-85(47-59-94)88-70-89(86-48-60-95(61-49-86)104-68-26-20-14-8-2-5-11-17-23-65-101-92-54-42-83(43-55-92)80-36-30-77(74-98)31-37-80)72-90(71-88)87-50-62-96(63-51-87)105-69-27-21-15-9-3-6-12-18-24-66-102-93-56-44-84(45-57-93)81-38-32-78(75-99)33-39-81/h28-63,70-72H,1-27,64-69H2. The van der Waals surface area contributed by atoms with Crippen LogP contribution < -0.4 is 28.4 Å². The van der Waals surface area contributed by atoms with Crippen molar-refractivity contribution in [3.63, 3.8) is 0 Å². The molecule has 0 spiro atoms. The Morgan fingerprint density at radius 1 is 0.152 bits per heavy atom. The Kier molecular flexibility index (Phi) is 32.9. The van der Waals surface area contributed by atoms with Crippen LogP contribution in [0, 0.1) is 34.0 Å². The van der Waals surface area contributed by atoms with E-state index in [4.69, 9.17) is 44.2 Å². The summed E-state index contributed by atoms with van der Waals surface area (Å²) in [6, 6.07) is 87.1. The average molecular weight is 1400 g/mol. The van der Waals surface area contributed by atoms with E-state index in [1.165, 1.54) is 135 Å². The highest BCUT2D eigenvalue weighted by atomic mass is 16.5. The molecule has 9 heteroatoms. The van der Waals surface area contributed by atoms with Gasteiger partial charge in [-0.3, -0.25) is 0 Å². The maximum absolute atomic E-state index is 9.09. The van der Waals surface area contributed by atoms with Crippen LogP contribution in [0.1, 0.15) is 190 Å². The van der Waals surface area contributed by atoms with Gasteiger partial charge in [0, 0.05) is 0 Å². The van der Waals surface area contributed by atoms with Crippen molar-refractivity contribution in [1.82, 2.24) is 0 Å². The summed E-state index contributed by atoms with van der Waals surface area (Å²) < 4.78 is 37.0. The second-order valence-electron chi connectivity index (χ2n) is 27.6. The number of hydrogen-bond donors (Lipinski definition) is 0. The molecule has 10 aromatic rings. The highest BCUT2D eigenvalue weighted by Crippen LogP contribution is 2.36. The zero-order valence-electron chi connectivity index (χ0n) is 61.6. The van der Waals surface area contributed by atoms with Gasteiger partial charge in [-0.2, -0.15) is 15.8 Å². The molecule has 0 heterocycles. The normalized spacial score (nSPS) is 10.9. The first-order valence-corrected chi connectivity index (χ1v) is 39.0. The van der Waals surface area contributed by atoms with E-state index >= 15 is 0 Å². The molecule has 0 aromatic heterocycles. The van der Waals surface area contributed by atoms with Gasteiger partial charge in [0.1, 0.15) is 34.5 Å². The van der Waals surface area contributed by atoms with E-state index in [1.807, 2.05) is 109 Å². The first-order valence-electron chi connectivity index (χ1n) is 39.0. The minimum absolute atomic E-state index is 0.672. The number of nitriles is 3. The summed E-state index contributed by atoms with van der Waals surface area (Å²) in [4.78, 5) is 0. The number of benzene rings is 10. The fraction of sp³-hybridized carbons (Fsp3) is 0.344. The van der Waals surface area contributed by atoms with E-state index in [1.54, 1.807) is 0 Å². The van der Waals surface area contributed by atoms with Gasteiger partial charge in [0.2, 0.25) is 0 Å². The number of hydrogen-bond acceptors (Lipinski definition) is 9. The predicted molar refractivity (Wildman–Crippen MR) is 430 cm³/mol. The Labute approximate surface area is 626 Å². The predicted octanol–water partition coefficient (Wildman–Crippen LogP) is 26.2. The molecule has 0 aliphatic heterocycles. The Morgan fingerprint density at radius 2 is 0.276 bits per heavy atom. The van der Waals surface area contributed by atoms with Gasteiger partial charge in [-0.1, -0.05) is 244 Å². The fourth-order valence-electron chi connectivity index (χ4n) is 13.3. The SMILES string of the molecule is N#Cc1ccc(-c2ccc(OCCCCCCCCCCCOc3ccc(-c4cc(-c5ccc(OCCCCCCCCCCCOc6ccc(-c7ccc(C#N)cc7)cc6)cc5)cc(-c5ccc(OCCCCCCCCCCCOc6ccc(-c7ccc(C#N)cc7)cc6)cc5)c4)cc3)cc2)cc1. The summed E-state index contributed by atoms with van der Waals surface area (Å²) in [6.07, 6.45) is 32.3. The lowest BCUT2D eigenvalue weighted by atomic mass is 9.93. The van der Waals surface area contributed by atoms with E-state index in [9.17, 15) is 0 Å². The third-order valence-corrected chi connectivity index (χ3v) is 19.6. The second kappa shape index (κ2) is 44.9. The van der Waals surface area contributed by atoms with Gasteiger partial charge in [-0.15, -0.1) is 0 Å². The molecule has 0 unspecified atom stereocenters. The third-order valence-electron chi connectivity index (χ3n) is 19.6. The van der Waals surface area contributed by atoms with Crippen LogP contribution in [0.25, 0.3) is 66.8 Å². The maximum Gasteiger partial charge on any atom is 0.119 e. The Bertz CT molecular complexity index is 3760. The van der Waals surface area contributed by atoms with Crippen LogP contribution in [-0.4, -0.2) is 39.6 Å². The summed E-state index contributed by atoms with van der Waals surface area (Å²) >= 11 is 0. The van der Waals surface area contributed by atoms with Crippen molar-refractivity contribution >= 4 is 0 Å². The molecule has 0 saturated carbocycles. The van der Waals surface area contributed by atoms with Crippen LogP contribution in [0.15, 0.2) is 237 Å². The topological polar surface area (TPSA) is 127 Å². The van der Waals surface area contributed by atoms with Crippen LogP contribution in [0.4, 0.5) is 0 Å². The van der Waals surface area contributed by atoms with Crippen molar-refractivity contribution < 1.29 is 28.4 Å². The van der Waals surface area contributed by atoms with Gasteiger partial charge in [0.15, 0.2) is 0 Å². The van der Waals surface area contributed by atoms with Crippen molar-refractivity contribution in [3.8, 4) is 119 Å². The van der Waals surface area contributed by atoms with Crippen molar-refractivity contribution in [2.24, 2.45) is 0 Å². The van der Waals surface area contributed by atoms with Crippen molar-refractivity contribution in [2.45, 2.75) is 173 Å². The number of nitrogens with zero attached hydrogens (tertiary/aromatic N) is 3. The second-order valence-corrected chi connectivity index (χ2v) is 27.6. The molecular weight excluding hydrogens is 1290 g/mol. The summed E-state index contributed by atoms with van der Waals surface area (Å²) in [5.41, 5.74) is 15.6. The van der Waals surface area contributed by atoms with Gasteiger partial charge in [0.25, 0.3) is 0 Å². The minimum Gasteiger partial charge on any atom is -0.494 e. The van der Waals surface area contributed by atoms with E-state index in [0.29, 0.717) is 16.7 Å². The fourth-order valence-corrected chi connectivity index (χ4v) is 13.3. The molecule has 0 aliphatic carbocycles. The largest absolute Gasteiger partial charge is 0.494 e. The van der Waals surface area contributed by atoms with Crippen LogP contribution in [0.3, 0.4) is 0 Å². The van der Waals surface area contributed by atoms with Crippen LogP contribution >= 0.6 is 0 Å². The lowest BCUT2D eigenvalue weighted by Gasteiger charge is -2.13. The average Bonchev–Trinajstić information content (AvgIpc) is 0.792. The molecular formula is C96H105N3O6. The minimum atomic E-state index is 0.672. The van der Waals surface area contributed by atoms with Crippen molar-refractivity contribution in [3.05, 3.63) is 253 Å². The van der Waals surface area contributed by atoms with E-state index in [2.05, 4.69) is 146 Å². The van der Waals surface area contributed by atoms with Gasteiger partial charge in [-0.25, -0.2) is 0 Å². The lowest BCUT2D eigenvalue weighted by Crippen LogP contribution is -1.98. The lowest BCUT2D eigenvalue weighted by molar-refractivity contribution is 0.302. The van der Waals surface area contributed by atoms with Gasteiger partial charge in [-0.05, 0) is 233 Å². The molecule has 0 bridgehead atoms. The molecule has 10 aromatic carbocycles. The zero-order valence-corrected chi connectivity index (χ0v) is 61.6. The molecule has 0 aliphatic rings. The van der Waals surface area contributed by atoms with Gasteiger partial charge < -0.3 is 28.4 Å². The number of ether oxygens (including phenoxy) is 6. The van der Waals surface area contributed by atoms with E-state index < -0.39 is 0 Å². The van der Waals surface area contributed by atoms with Crippen LogP contribution in [0.2, 0.25) is 0 Å². The van der Waals surface area contributed by atoms with Gasteiger partial charge in [0.05, 0.1) is 74.5 Å². The first-order chi connectivity index (χ1) is 51.9. The quantitative estimate of drug-likeness (QED) is 0.0343. The maximum atomic E-state index is 9.09. The summed E-state index contributed by atoms with van der Waals surface area (Å²) in [5, 5.41) is 27.3. The molecule has 0 radical (unpaired) electrons.